The average molecular weight is 535 g/mol. The molecule has 1 aliphatic heterocycles. The third kappa shape index (κ3) is 4.26. The van der Waals surface area contributed by atoms with Crippen LogP contribution in [0.2, 0.25) is 5.02 Å². The fraction of sp³-hybridized carbons (Fsp3) is 0.185. The number of hydrogen-bond donors (Lipinski definition) is 2. The smallest absolute Gasteiger partial charge is 0.287 e. The molecule has 1 aliphatic rings. The van der Waals surface area contributed by atoms with E-state index in [1.165, 1.54) is 0 Å². The predicted molar refractivity (Wildman–Crippen MR) is 137 cm³/mol. The number of carbonyl (C=O) groups excluding carboxylic acids is 2. The van der Waals surface area contributed by atoms with Crippen LogP contribution >= 0.6 is 11.6 Å². The first-order chi connectivity index (χ1) is 18.4. The fourth-order valence-electron chi connectivity index (χ4n) is 5.09. The van der Waals surface area contributed by atoms with Gasteiger partial charge in [-0.15, -0.1) is 0 Å². The molecule has 1 fully saturated rings. The summed E-state index contributed by atoms with van der Waals surface area (Å²) in [6.07, 6.45) is 5.62. The lowest BCUT2D eigenvalue weighted by atomic mass is 9.85. The van der Waals surface area contributed by atoms with Crippen LogP contribution in [-0.4, -0.2) is 55.2 Å². The van der Waals surface area contributed by atoms with Gasteiger partial charge < -0.3 is 19.6 Å². The van der Waals surface area contributed by atoms with Crippen molar-refractivity contribution in [1.82, 2.24) is 29.6 Å². The molecule has 2 amide bonds. The molecular weight excluding hydrogens is 514 g/mol. The van der Waals surface area contributed by atoms with Crippen LogP contribution in [0.3, 0.4) is 0 Å². The van der Waals surface area contributed by atoms with E-state index in [0.29, 0.717) is 29.1 Å². The van der Waals surface area contributed by atoms with E-state index in [-0.39, 0.29) is 35.2 Å². The lowest BCUT2D eigenvalue weighted by molar-refractivity contribution is 0.0655. The third-order valence-corrected chi connectivity index (χ3v) is 7.17. The van der Waals surface area contributed by atoms with Crippen molar-refractivity contribution < 1.29 is 18.4 Å². The zero-order valence-corrected chi connectivity index (χ0v) is 20.6. The Kier molecular flexibility index (Phi) is 6.03. The van der Waals surface area contributed by atoms with Crippen LogP contribution in [0.15, 0.2) is 67.3 Å². The molecule has 0 saturated carbocycles. The van der Waals surface area contributed by atoms with Crippen LogP contribution in [0, 0.1) is 11.6 Å². The van der Waals surface area contributed by atoms with E-state index in [1.54, 1.807) is 40.0 Å². The zero-order chi connectivity index (χ0) is 26.4. The molecule has 6 rings (SSSR count). The first kappa shape index (κ1) is 24.1. The minimum absolute atomic E-state index is 0.162. The number of benzene rings is 2. The molecule has 192 valence electrons. The number of rotatable bonds is 4. The molecule has 2 atom stereocenters. The summed E-state index contributed by atoms with van der Waals surface area (Å²) in [6, 6.07) is 12.3. The number of hydrogen-bond acceptors (Lipinski definition) is 4. The molecule has 0 unspecified atom stereocenters. The van der Waals surface area contributed by atoms with Crippen LogP contribution in [0.25, 0.3) is 16.6 Å². The Morgan fingerprint density at radius 1 is 1.11 bits per heavy atom. The Hall–Kier alpha value is -4.31. The molecule has 2 aromatic carbocycles. The van der Waals surface area contributed by atoms with Crippen molar-refractivity contribution in [3.8, 4) is 0 Å². The van der Waals surface area contributed by atoms with Crippen molar-refractivity contribution in [2.75, 3.05) is 13.1 Å². The number of imidazole rings is 2. The highest BCUT2D eigenvalue weighted by molar-refractivity contribution is 6.30. The molecule has 1 saturated heterocycles. The van der Waals surface area contributed by atoms with Gasteiger partial charge in [-0.25, -0.2) is 18.7 Å². The van der Waals surface area contributed by atoms with Crippen molar-refractivity contribution in [1.29, 1.82) is 0 Å². The second-order valence-corrected chi connectivity index (χ2v) is 9.66. The number of amides is 2. The molecule has 8 nitrogen and oxygen atoms in total. The summed E-state index contributed by atoms with van der Waals surface area (Å²) in [5, 5.41) is 3.50. The van der Waals surface area contributed by atoms with Crippen LogP contribution in [-0.2, 0) is 0 Å². The first-order valence-corrected chi connectivity index (χ1v) is 12.4. The Balaban J connectivity index is 1.31. The normalized spacial score (nSPS) is 17.7. The van der Waals surface area contributed by atoms with Gasteiger partial charge in [0, 0.05) is 30.2 Å². The quantitative estimate of drug-likeness (QED) is 0.353. The van der Waals surface area contributed by atoms with Crippen molar-refractivity contribution in [3.63, 3.8) is 0 Å². The number of halogens is 3. The number of likely N-dealkylation sites (tertiary alicyclic amines) is 1. The topological polar surface area (TPSA) is 95.4 Å². The number of nitrogens with zero attached hydrogens (tertiary/aromatic N) is 4. The van der Waals surface area contributed by atoms with Crippen LogP contribution in [0.1, 0.15) is 38.9 Å². The Morgan fingerprint density at radius 2 is 1.95 bits per heavy atom. The average Bonchev–Trinajstić information content (AvgIpc) is 3.59. The molecular formula is C27H21ClF2N6O2. The van der Waals surface area contributed by atoms with Gasteiger partial charge in [0.15, 0.2) is 11.6 Å². The molecule has 11 heteroatoms. The number of carbonyl (C=O) groups is 2. The monoisotopic (exact) mass is 534 g/mol. The molecule has 5 aromatic rings. The maximum Gasteiger partial charge on any atom is 0.287 e. The van der Waals surface area contributed by atoms with Gasteiger partial charge in [-0.1, -0.05) is 23.7 Å². The Morgan fingerprint density at radius 3 is 2.76 bits per heavy atom. The number of piperidine rings is 1. The molecule has 0 aliphatic carbocycles. The van der Waals surface area contributed by atoms with E-state index >= 15 is 0 Å². The number of fused-ring (bicyclic) bond motifs is 2. The van der Waals surface area contributed by atoms with Gasteiger partial charge in [0.2, 0.25) is 0 Å². The van der Waals surface area contributed by atoms with Gasteiger partial charge in [0.05, 0.1) is 29.6 Å². The molecule has 0 spiro atoms. The van der Waals surface area contributed by atoms with E-state index in [2.05, 4.69) is 20.3 Å². The van der Waals surface area contributed by atoms with Crippen molar-refractivity contribution in [2.45, 2.75) is 18.4 Å². The maximum atomic E-state index is 14.2. The van der Waals surface area contributed by atoms with Crippen LogP contribution in [0.4, 0.5) is 8.78 Å². The Labute approximate surface area is 220 Å². The van der Waals surface area contributed by atoms with Gasteiger partial charge in [0.25, 0.3) is 11.8 Å². The predicted octanol–water partition coefficient (Wildman–Crippen LogP) is 4.57. The van der Waals surface area contributed by atoms with E-state index < -0.39 is 23.6 Å². The second kappa shape index (κ2) is 9.53. The number of H-pyrrole nitrogens is 1. The summed E-state index contributed by atoms with van der Waals surface area (Å²) >= 11 is 6.25. The van der Waals surface area contributed by atoms with Crippen molar-refractivity contribution >= 4 is 40.0 Å². The van der Waals surface area contributed by atoms with E-state index in [9.17, 15) is 18.4 Å². The lowest BCUT2D eigenvalue weighted by Crippen LogP contribution is -2.53. The second-order valence-electron chi connectivity index (χ2n) is 9.23. The SMILES string of the molecule is O=C(N[C@@H]1CN(C(=O)c2cccn3cncc23)CC[C@H]1c1cccc(Cl)c1)c1nc2c(F)ccc(F)c2[nH]1. The molecule has 38 heavy (non-hydrogen) atoms. The van der Waals surface area contributed by atoms with E-state index in [0.717, 1.165) is 17.7 Å². The molecule has 3 aromatic heterocycles. The highest BCUT2D eigenvalue weighted by Gasteiger charge is 2.35. The van der Waals surface area contributed by atoms with Crippen molar-refractivity contribution in [2.24, 2.45) is 0 Å². The van der Waals surface area contributed by atoms with E-state index in [4.69, 9.17) is 11.6 Å². The Bertz CT molecular complexity index is 1660. The van der Waals surface area contributed by atoms with Crippen LogP contribution < -0.4 is 5.32 Å². The van der Waals surface area contributed by atoms with Gasteiger partial charge in [-0.2, -0.15) is 0 Å². The lowest BCUT2D eigenvalue weighted by Gasteiger charge is -2.39. The number of pyridine rings is 1. The summed E-state index contributed by atoms with van der Waals surface area (Å²) in [5.74, 6) is -2.66. The molecule has 2 N–H and O–H groups in total. The third-order valence-electron chi connectivity index (χ3n) is 6.94. The number of aromatic nitrogens is 4. The van der Waals surface area contributed by atoms with E-state index in [1.807, 2.05) is 24.4 Å². The summed E-state index contributed by atoms with van der Waals surface area (Å²) in [5.41, 5.74) is 1.65. The highest BCUT2D eigenvalue weighted by Crippen LogP contribution is 2.31. The summed E-state index contributed by atoms with van der Waals surface area (Å²) in [7, 11) is 0. The van der Waals surface area contributed by atoms with Gasteiger partial charge in [0.1, 0.15) is 16.9 Å². The largest absolute Gasteiger partial charge is 0.344 e. The highest BCUT2D eigenvalue weighted by atomic mass is 35.5. The van der Waals surface area contributed by atoms with Gasteiger partial charge in [-0.05, 0) is 48.4 Å². The summed E-state index contributed by atoms with van der Waals surface area (Å²) < 4.78 is 30.1. The first-order valence-electron chi connectivity index (χ1n) is 12.0. The minimum Gasteiger partial charge on any atom is -0.344 e. The van der Waals surface area contributed by atoms with Crippen molar-refractivity contribution in [3.05, 3.63) is 101 Å². The molecule has 0 bridgehead atoms. The standard InChI is InChI=1S/C27H21ClF2N6O2/c28-16-4-1-3-15(11-16)17-8-10-35(27(38)18-5-2-9-36-14-31-12-22(18)36)13-21(17)32-26(37)25-33-23-19(29)6-7-20(30)24(23)34-25/h1-7,9,11-12,14,17,21H,8,10,13H2,(H,32,37)(H,33,34)/t17-,21+/m0/s1. The molecule has 4 heterocycles. The summed E-state index contributed by atoms with van der Waals surface area (Å²) in [6.45, 7) is 0.665. The number of aromatic amines is 1. The van der Waals surface area contributed by atoms with Gasteiger partial charge in [-0.3, -0.25) is 9.59 Å². The zero-order valence-electron chi connectivity index (χ0n) is 19.9. The molecule has 0 radical (unpaired) electrons. The minimum atomic E-state index is -0.739. The summed E-state index contributed by atoms with van der Waals surface area (Å²) in [4.78, 5) is 39.2. The van der Waals surface area contributed by atoms with Gasteiger partial charge >= 0.3 is 0 Å². The van der Waals surface area contributed by atoms with Crippen LogP contribution in [0.5, 0.6) is 0 Å². The maximum absolute atomic E-state index is 14.2. The fourth-order valence-corrected chi connectivity index (χ4v) is 5.29. The number of nitrogens with one attached hydrogen (secondary N) is 2.